The molecule has 4 aliphatic carbocycles. The van der Waals surface area contributed by atoms with Gasteiger partial charge in [0.25, 0.3) is 5.91 Å². The van der Waals surface area contributed by atoms with Crippen molar-refractivity contribution in [2.75, 3.05) is 6.54 Å². The molecular weight excluding hydrogens is 368 g/mol. The Morgan fingerprint density at radius 2 is 1.79 bits per heavy atom. The summed E-state index contributed by atoms with van der Waals surface area (Å²) in [5, 5.41) is 3.78. The van der Waals surface area contributed by atoms with E-state index >= 15 is 0 Å². The van der Waals surface area contributed by atoms with Crippen LogP contribution >= 0.6 is 11.6 Å². The van der Waals surface area contributed by atoms with Gasteiger partial charge < -0.3 is 5.32 Å². The molecule has 4 bridgehead atoms. The Hall–Kier alpha value is -1.87. The molecule has 146 valence electrons. The van der Waals surface area contributed by atoms with Gasteiger partial charge in [-0.05, 0) is 97.4 Å². The highest BCUT2D eigenvalue weighted by Gasteiger charge is 2.50. The van der Waals surface area contributed by atoms with Crippen molar-refractivity contribution in [2.24, 2.45) is 23.2 Å². The van der Waals surface area contributed by atoms with Crippen molar-refractivity contribution < 1.29 is 4.79 Å². The minimum Gasteiger partial charge on any atom is -0.351 e. The lowest BCUT2D eigenvalue weighted by Crippen LogP contribution is -2.51. The van der Waals surface area contributed by atoms with E-state index < -0.39 is 0 Å². The maximum absolute atomic E-state index is 13.0. The van der Waals surface area contributed by atoms with E-state index in [1.807, 2.05) is 36.5 Å². The molecule has 0 saturated heterocycles. The predicted molar refractivity (Wildman–Crippen MR) is 111 cm³/mol. The van der Waals surface area contributed by atoms with Crippen molar-refractivity contribution in [1.82, 2.24) is 10.3 Å². The Morgan fingerprint density at radius 3 is 2.43 bits per heavy atom. The largest absolute Gasteiger partial charge is 0.351 e. The smallest absolute Gasteiger partial charge is 0.252 e. The summed E-state index contributed by atoms with van der Waals surface area (Å²) in [7, 11) is 0. The van der Waals surface area contributed by atoms with Crippen molar-refractivity contribution in [3.8, 4) is 0 Å². The second kappa shape index (κ2) is 7.18. The molecule has 0 atom stereocenters. The van der Waals surface area contributed by atoms with Gasteiger partial charge in [-0.3, -0.25) is 9.78 Å². The maximum atomic E-state index is 13.0. The number of hydrogen-bond donors (Lipinski definition) is 1. The molecule has 0 unspecified atom stereocenters. The number of hydrogen-bond acceptors (Lipinski definition) is 2. The number of carbonyl (C=O) groups excluding carboxylic acids is 1. The average Bonchev–Trinajstić information content (AvgIpc) is 2.67. The summed E-state index contributed by atoms with van der Waals surface area (Å²) < 4.78 is 0. The lowest BCUT2D eigenvalue weighted by atomic mass is 9.49. The lowest BCUT2D eigenvalue weighted by Gasteiger charge is -2.56. The number of rotatable bonds is 5. The van der Waals surface area contributed by atoms with E-state index in [0.29, 0.717) is 16.0 Å². The van der Waals surface area contributed by atoms with Crippen LogP contribution in [0.2, 0.25) is 5.02 Å². The van der Waals surface area contributed by atoms with Gasteiger partial charge in [-0.25, -0.2) is 0 Å². The fourth-order valence-electron chi connectivity index (χ4n) is 6.46. The molecule has 1 heterocycles. The van der Waals surface area contributed by atoms with Gasteiger partial charge in [0, 0.05) is 18.9 Å². The van der Waals surface area contributed by atoms with Crippen LogP contribution in [-0.2, 0) is 6.42 Å². The summed E-state index contributed by atoms with van der Waals surface area (Å²) in [5.74, 6) is 2.66. The fraction of sp³-hybridized carbons (Fsp3) is 0.500. The normalized spacial score (nSPS) is 30.4. The standard InChI is InChI=1S/C24H27ClN2O/c25-22-4-3-16(6-17-2-1-5-26-14-17)10-21(22)23(28)27-15-24-11-18-7-19(12-24)9-20(8-18)13-24/h1-5,10,14,18-20H,6-9,11-13,15H2,(H,27,28). The Balaban J connectivity index is 1.28. The first-order chi connectivity index (χ1) is 13.6. The third-order valence-electron chi connectivity index (χ3n) is 7.20. The number of halogens is 1. The third-order valence-corrected chi connectivity index (χ3v) is 7.53. The fourth-order valence-corrected chi connectivity index (χ4v) is 6.67. The minimum absolute atomic E-state index is 0.0335. The van der Waals surface area contributed by atoms with Gasteiger partial charge in [-0.15, -0.1) is 0 Å². The van der Waals surface area contributed by atoms with E-state index in [1.54, 1.807) is 6.20 Å². The first-order valence-electron chi connectivity index (χ1n) is 10.5. The highest BCUT2D eigenvalue weighted by molar-refractivity contribution is 6.33. The Labute approximate surface area is 171 Å². The predicted octanol–water partition coefficient (Wildman–Crippen LogP) is 5.27. The van der Waals surface area contributed by atoms with Gasteiger partial charge >= 0.3 is 0 Å². The zero-order chi connectivity index (χ0) is 19.1. The average molecular weight is 395 g/mol. The second-order valence-corrected chi connectivity index (χ2v) is 9.86. The second-order valence-electron chi connectivity index (χ2n) is 9.45. The van der Waals surface area contributed by atoms with Gasteiger partial charge in [-0.1, -0.05) is 23.7 Å². The number of pyridine rings is 1. The molecule has 1 amide bonds. The van der Waals surface area contributed by atoms with Crippen molar-refractivity contribution in [1.29, 1.82) is 0 Å². The van der Waals surface area contributed by atoms with Gasteiger partial charge in [0.15, 0.2) is 0 Å². The summed E-state index contributed by atoms with van der Waals surface area (Å²) in [4.78, 5) is 17.1. The van der Waals surface area contributed by atoms with Crippen LogP contribution in [0.25, 0.3) is 0 Å². The van der Waals surface area contributed by atoms with Gasteiger partial charge in [0.1, 0.15) is 0 Å². The molecule has 3 nitrogen and oxygen atoms in total. The molecule has 4 aliphatic rings. The molecule has 6 rings (SSSR count). The zero-order valence-electron chi connectivity index (χ0n) is 16.2. The summed E-state index contributed by atoms with van der Waals surface area (Å²) in [5.41, 5.74) is 3.14. The van der Waals surface area contributed by atoms with Crippen LogP contribution in [0.1, 0.15) is 60.0 Å². The van der Waals surface area contributed by atoms with Crippen molar-refractivity contribution in [3.63, 3.8) is 0 Å². The van der Waals surface area contributed by atoms with E-state index in [1.165, 1.54) is 38.5 Å². The SMILES string of the molecule is O=C(NCC12CC3CC(CC(C3)C1)C2)c1cc(Cc2cccnc2)ccc1Cl. The van der Waals surface area contributed by atoms with Crippen molar-refractivity contribution in [3.05, 3.63) is 64.4 Å². The number of aromatic nitrogens is 1. The number of nitrogens with zero attached hydrogens (tertiary/aromatic N) is 1. The van der Waals surface area contributed by atoms with Crippen LogP contribution in [-0.4, -0.2) is 17.4 Å². The molecule has 28 heavy (non-hydrogen) atoms. The molecule has 1 aromatic heterocycles. The van der Waals surface area contributed by atoms with Crippen LogP contribution < -0.4 is 5.32 Å². The molecule has 4 heteroatoms. The number of carbonyl (C=O) groups is 1. The van der Waals surface area contributed by atoms with Crippen LogP contribution in [0.3, 0.4) is 0 Å². The van der Waals surface area contributed by atoms with Crippen LogP contribution in [0.4, 0.5) is 0 Å². The molecular formula is C24H27ClN2O. The Bertz CT molecular complexity index is 844. The van der Waals surface area contributed by atoms with E-state index in [-0.39, 0.29) is 5.91 Å². The minimum atomic E-state index is -0.0335. The highest BCUT2D eigenvalue weighted by Crippen LogP contribution is 2.59. The molecule has 0 aliphatic heterocycles. The molecule has 2 aromatic rings. The van der Waals surface area contributed by atoms with E-state index in [2.05, 4.69) is 10.3 Å². The van der Waals surface area contributed by atoms with E-state index in [0.717, 1.165) is 41.8 Å². The topological polar surface area (TPSA) is 42.0 Å². The molecule has 1 aromatic carbocycles. The quantitative estimate of drug-likeness (QED) is 0.750. The van der Waals surface area contributed by atoms with Crippen molar-refractivity contribution in [2.45, 2.75) is 44.9 Å². The molecule has 0 spiro atoms. The Morgan fingerprint density at radius 1 is 1.07 bits per heavy atom. The summed E-state index contributed by atoms with van der Waals surface area (Å²) in [6, 6.07) is 9.75. The first kappa shape index (κ1) is 18.2. The van der Waals surface area contributed by atoms with E-state index in [4.69, 9.17) is 11.6 Å². The molecule has 1 N–H and O–H groups in total. The molecule has 4 fully saturated rings. The van der Waals surface area contributed by atoms with Crippen LogP contribution in [0.15, 0.2) is 42.7 Å². The van der Waals surface area contributed by atoms with Gasteiger partial charge in [0.2, 0.25) is 0 Å². The lowest BCUT2D eigenvalue weighted by molar-refractivity contribution is -0.0503. The number of benzene rings is 1. The summed E-state index contributed by atoms with van der Waals surface area (Å²) in [6.07, 6.45) is 12.6. The molecule has 4 saturated carbocycles. The summed E-state index contributed by atoms with van der Waals surface area (Å²) in [6.45, 7) is 0.804. The maximum Gasteiger partial charge on any atom is 0.252 e. The van der Waals surface area contributed by atoms with Crippen molar-refractivity contribution >= 4 is 17.5 Å². The number of nitrogens with one attached hydrogen (secondary N) is 1. The number of amides is 1. The van der Waals surface area contributed by atoms with Gasteiger partial charge in [-0.2, -0.15) is 0 Å². The highest BCUT2D eigenvalue weighted by atomic mass is 35.5. The zero-order valence-corrected chi connectivity index (χ0v) is 16.9. The third kappa shape index (κ3) is 3.57. The van der Waals surface area contributed by atoms with Gasteiger partial charge in [0.05, 0.1) is 10.6 Å². The monoisotopic (exact) mass is 394 g/mol. The summed E-state index contributed by atoms with van der Waals surface area (Å²) >= 11 is 6.38. The van der Waals surface area contributed by atoms with Crippen LogP contribution in [0.5, 0.6) is 0 Å². The first-order valence-corrected chi connectivity index (χ1v) is 10.9. The molecule has 0 radical (unpaired) electrons. The van der Waals surface area contributed by atoms with Crippen LogP contribution in [0, 0.1) is 23.2 Å². The van der Waals surface area contributed by atoms with E-state index in [9.17, 15) is 4.79 Å². The Kier molecular flexibility index (Phi) is 4.66.